The van der Waals surface area contributed by atoms with Crippen LogP contribution in [0.25, 0.3) is 76.8 Å². The number of benzene rings is 10. The van der Waals surface area contributed by atoms with Gasteiger partial charge in [-0.05, 0) is 119 Å². The standard InChI is InChI=1S/C57H41N/c1-57(2)53-31-13-12-28-49(53)50-34-33-43(37-54(50)57)58(42-23-14-22-40(35-42)38-17-4-3-5-18-38)55-32-16-30-51(47-29-15-21-39-19-6-8-24-44(39)47)56(55)52-36-41-20-7-9-25-45(41)46-26-10-11-27-48(46)52/h3-37H,1-2H3. The van der Waals surface area contributed by atoms with Crippen molar-refractivity contribution in [3.8, 4) is 44.5 Å². The molecule has 0 saturated heterocycles. The molecule has 1 aliphatic carbocycles. The molecule has 0 aromatic heterocycles. The summed E-state index contributed by atoms with van der Waals surface area (Å²) in [6.07, 6.45) is 0. The highest BCUT2D eigenvalue weighted by Crippen LogP contribution is 2.53. The Morgan fingerprint density at radius 3 is 1.78 bits per heavy atom. The monoisotopic (exact) mass is 739 g/mol. The third kappa shape index (κ3) is 5.39. The fourth-order valence-electron chi connectivity index (χ4n) is 9.67. The van der Waals surface area contributed by atoms with Gasteiger partial charge in [-0.2, -0.15) is 0 Å². The van der Waals surface area contributed by atoms with E-state index in [-0.39, 0.29) is 5.41 Å². The Morgan fingerprint density at radius 1 is 0.328 bits per heavy atom. The summed E-state index contributed by atoms with van der Waals surface area (Å²) in [5.41, 5.74) is 15.8. The Balaban J connectivity index is 1.26. The van der Waals surface area contributed by atoms with Crippen molar-refractivity contribution in [1.29, 1.82) is 0 Å². The van der Waals surface area contributed by atoms with E-state index in [2.05, 4.69) is 231 Å². The van der Waals surface area contributed by atoms with E-state index in [1.807, 2.05) is 0 Å². The van der Waals surface area contributed by atoms with Gasteiger partial charge >= 0.3 is 0 Å². The van der Waals surface area contributed by atoms with Crippen molar-refractivity contribution in [1.82, 2.24) is 0 Å². The van der Waals surface area contributed by atoms with Crippen LogP contribution in [0.2, 0.25) is 0 Å². The summed E-state index contributed by atoms with van der Waals surface area (Å²) in [4.78, 5) is 2.51. The van der Waals surface area contributed by atoms with Crippen molar-refractivity contribution in [3.63, 3.8) is 0 Å². The smallest absolute Gasteiger partial charge is 0.0546 e. The van der Waals surface area contributed by atoms with Crippen molar-refractivity contribution in [3.05, 3.63) is 223 Å². The lowest BCUT2D eigenvalue weighted by Crippen LogP contribution is -2.17. The van der Waals surface area contributed by atoms with E-state index in [0.717, 1.165) is 17.1 Å². The van der Waals surface area contributed by atoms with Crippen LogP contribution in [0.3, 0.4) is 0 Å². The maximum absolute atomic E-state index is 2.51. The van der Waals surface area contributed by atoms with Gasteiger partial charge in [-0.25, -0.2) is 0 Å². The maximum Gasteiger partial charge on any atom is 0.0546 e. The molecule has 0 heterocycles. The highest BCUT2D eigenvalue weighted by molar-refractivity contribution is 6.17. The van der Waals surface area contributed by atoms with Gasteiger partial charge in [-0.1, -0.05) is 190 Å². The molecule has 11 rings (SSSR count). The van der Waals surface area contributed by atoms with Crippen LogP contribution in [0.15, 0.2) is 212 Å². The Bertz CT molecular complexity index is 3200. The first-order chi connectivity index (χ1) is 28.5. The summed E-state index contributed by atoms with van der Waals surface area (Å²) in [6, 6.07) is 78.4. The summed E-state index contributed by atoms with van der Waals surface area (Å²) in [5.74, 6) is 0. The largest absolute Gasteiger partial charge is 0.310 e. The first-order valence-corrected chi connectivity index (χ1v) is 20.3. The second-order valence-electron chi connectivity index (χ2n) is 16.1. The van der Waals surface area contributed by atoms with Crippen molar-refractivity contribution >= 4 is 49.4 Å². The molecule has 0 N–H and O–H groups in total. The zero-order valence-electron chi connectivity index (χ0n) is 32.7. The molecule has 1 nitrogen and oxygen atoms in total. The molecule has 10 aromatic carbocycles. The molecule has 0 saturated carbocycles. The quantitative estimate of drug-likeness (QED) is 0.154. The van der Waals surface area contributed by atoms with Crippen LogP contribution in [0.4, 0.5) is 17.1 Å². The van der Waals surface area contributed by atoms with Crippen molar-refractivity contribution < 1.29 is 0 Å². The van der Waals surface area contributed by atoms with E-state index >= 15 is 0 Å². The van der Waals surface area contributed by atoms with Gasteiger partial charge in [0.05, 0.1) is 5.69 Å². The fraction of sp³-hybridized carbons (Fsp3) is 0.0526. The van der Waals surface area contributed by atoms with Crippen molar-refractivity contribution in [2.45, 2.75) is 19.3 Å². The van der Waals surface area contributed by atoms with Crippen LogP contribution in [0, 0.1) is 0 Å². The summed E-state index contributed by atoms with van der Waals surface area (Å²) >= 11 is 0. The van der Waals surface area contributed by atoms with Crippen LogP contribution in [0.1, 0.15) is 25.0 Å². The van der Waals surface area contributed by atoms with Gasteiger partial charge in [0.15, 0.2) is 0 Å². The first kappa shape index (κ1) is 34.1. The molecule has 0 radical (unpaired) electrons. The normalized spacial score (nSPS) is 12.8. The van der Waals surface area contributed by atoms with Crippen LogP contribution >= 0.6 is 0 Å². The Morgan fingerprint density at radius 2 is 0.914 bits per heavy atom. The van der Waals surface area contributed by atoms with E-state index in [4.69, 9.17) is 0 Å². The Labute approximate surface area is 340 Å². The minimum atomic E-state index is -0.151. The zero-order chi connectivity index (χ0) is 38.8. The van der Waals surface area contributed by atoms with Gasteiger partial charge in [-0.15, -0.1) is 0 Å². The lowest BCUT2D eigenvalue weighted by Gasteiger charge is -2.31. The summed E-state index contributed by atoms with van der Waals surface area (Å²) in [5, 5.41) is 7.45. The van der Waals surface area contributed by atoms with Gasteiger partial charge in [0.2, 0.25) is 0 Å². The molecule has 0 fully saturated rings. The average molecular weight is 740 g/mol. The highest BCUT2D eigenvalue weighted by Gasteiger charge is 2.36. The third-order valence-electron chi connectivity index (χ3n) is 12.4. The van der Waals surface area contributed by atoms with Crippen molar-refractivity contribution in [2.24, 2.45) is 0 Å². The molecule has 58 heavy (non-hydrogen) atoms. The Hall–Kier alpha value is -7.22. The predicted molar refractivity (Wildman–Crippen MR) is 248 cm³/mol. The summed E-state index contributed by atoms with van der Waals surface area (Å²) in [6.45, 7) is 4.74. The zero-order valence-corrected chi connectivity index (χ0v) is 32.7. The average Bonchev–Trinajstić information content (AvgIpc) is 3.51. The molecule has 1 aliphatic rings. The van der Waals surface area contributed by atoms with E-state index in [1.54, 1.807) is 0 Å². The van der Waals surface area contributed by atoms with Gasteiger partial charge in [-0.3, -0.25) is 0 Å². The van der Waals surface area contributed by atoms with Crippen LogP contribution in [-0.2, 0) is 5.41 Å². The molecular weight excluding hydrogens is 699 g/mol. The molecule has 0 atom stereocenters. The number of rotatable bonds is 6. The Kier molecular flexibility index (Phi) is 7.91. The SMILES string of the molecule is CC1(C)c2ccccc2-c2ccc(N(c3cccc(-c4ccccc4)c3)c3cccc(-c4cccc5ccccc45)c3-c3cc4ccccc4c4ccccc34)cc21. The molecule has 0 spiro atoms. The lowest BCUT2D eigenvalue weighted by molar-refractivity contribution is 0.660. The van der Waals surface area contributed by atoms with Gasteiger partial charge < -0.3 is 4.90 Å². The summed E-state index contributed by atoms with van der Waals surface area (Å²) in [7, 11) is 0. The molecule has 0 aliphatic heterocycles. The minimum absolute atomic E-state index is 0.151. The molecule has 1 heteroatoms. The second-order valence-corrected chi connectivity index (χ2v) is 16.1. The van der Waals surface area contributed by atoms with Gasteiger partial charge in [0.25, 0.3) is 0 Å². The van der Waals surface area contributed by atoms with Gasteiger partial charge in [0.1, 0.15) is 0 Å². The van der Waals surface area contributed by atoms with Crippen LogP contribution in [0.5, 0.6) is 0 Å². The van der Waals surface area contributed by atoms with E-state index in [9.17, 15) is 0 Å². The van der Waals surface area contributed by atoms with Crippen molar-refractivity contribution in [2.75, 3.05) is 4.90 Å². The van der Waals surface area contributed by atoms with E-state index in [0.29, 0.717) is 0 Å². The number of fused-ring (bicyclic) bond motifs is 7. The van der Waals surface area contributed by atoms with E-state index < -0.39 is 0 Å². The maximum atomic E-state index is 2.51. The third-order valence-corrected chi connectivity index (χ3v) is 12.4. The second kappa shape index (κ2) is 13.5. The number of hydrogen-bond donors (Lipinski definition) is 0. The minimum Gasteiger partial charge on any atom is -0.310 e. The highest BCUT2D eigenvalue weighted by atomic mass is 15.1. The van der Waals surface area contributed by atoms with Crippen LogP contribution < -0.4 is 4.90 Å². The fourth-order valence-corrected chi connectivity index (χ4v) is 9.67. The van der Waals surface area contributed by atoms with Crippen LogP contribution in [-0.4, -0.2) is 0 Å². The molecule has 0 amide bonds. The molecule has 0 bridgehead atoms. The molecule has 0 unspecified atom stereocenters. The molecule has 10 aromatic rings. The van der Waals surface area contributed by atoms with Gasteiger partial charge in [0, 0.05) is 22.4 Å². The summed E-state index contributed by atoms with van der Waals surface area (Å²) < 4.78 is 0. The first-order valence-electron chi connectivity index (χ1n) is 20.3. The number of nitrogens with zero attached hydrogens (tertiary/aromatic N) is 1. The number of anilines is 3. The van der Waals surface area contributed by atoms with E-state index in [1.165, 1.54) is 88.0 Å². The topological polar surface area (TPSA) is 3.24 Å². The predicted octanol–water partition coefficient (Wildman–Crippen LogP) is 15.9. The number of hydrogen-bond acceptors (Lipinski definition) is 1. The lowest BCUT2D eigenvalue weighted by atomic mass is 9.82. The molecule has 274 valence electrons. The molecular formula is C57H41N.